The van der Waals surface area contributed by atoms with E-state index in [0.29, 0.717) is 24.5 Å². The van der Waals surface area contributed by atoms with E-state index in [4.69, 9.17) is 11.6 Å². The summed E-state index contributed by atoms with van der Waals surface area (Å²) in [6, 6.07) is 17.0. The van der Waals surface area contributed by atoms with E-state index < -0.39 is 6.04 Å². The van der Waals surface area contributed by atoms with Gasteiger partial charge in [0.15, 0.2) is 0 Å². The Morgan fingerprint density at radius 2 is 1.76 bits per heavy atom. The minimum atomic E-state index is -0.455. The van der Waals surface area contributed by atoms with Gasteiger partial charge in [0.1, 0.15) is 6.04 Å². The van der Waals surface area contributed by atoms with Gasteiger partial charge in [0.05, 0.1) is 5.75 Å². The summed E-state index contributed by atoms with van der Waals surface area (Å²) in [6.45, 7) is 5.10. The third-order valence-electron chi connectivity index (χ3n) is 4.60. The van der Waals surface area contributed by atoms with Crippen molar-refractivity contribution >= 4 is 35.2 Å². The average Bonchev–Trinajstić information content (AvgIpc) is 2.75. The molecule has 0 saturated carbocycles. The third kappa shape index (κ3) is 7.75. The predicted octanol–water partition coefficient (Wildman–Crippen LogP) is 4.81. The number of halogens is 1. The molecular weight excluding hydrogens is 404 g/mol. The molecule has 2 amide bonds. The number of hydrogen-bond donors (Lipinski definition) is 1. The standard InChI is InChI=1S/C23H29ClN2O2S/c1-3-15-25-23(28)21(4-2)26(16-14-18-8-6-5-7-9-18)22(27)17-29-20-12-10-19(24)11-13-20/h5-13,21H,3-4,14-17H2,1-2H3,(H,25,28). The van der Waals surface area contributed by atoms with Crippen molar-refractivity contribution in [2.24, 2.45) is 0 Å². The molecule has 0 saturated heterocycles. The maximum absolute atomic E-state index is 13.1. The maximum Gasteiger partial charge on any atom is 0.242 e. The summed E-state index contributed by atoms with van der Waals surface area (Å²) in [5.74, 6) is 0.181. The zero-order chi connectivity index (χ0) is 21.1. The Morgan fingerprint density at radius 3 is 2.38 bits per heavy atom. The summed E-state index contributed by atoms with van der Waals surface area (Å²) in [7, 11) is 0. The van der Waals surface area contributed by atoms with Crippen molar-refractivity contribution in [2.75, 3.05) is 18.8 Å². The Bertz CT molecular complexity index is 768. The molecule has 0 aliphatic heterocycles. The van der Waals surface area contributed by atoms with E-state index in [1.165, 1.54) is 11.8 Å². The van der Waals surface area contributed by atoms with Crippen LogP contribution in [0.3, 0.4) is 0 Å². The Hall–Kier alpha value is -1.98. The topological polar surface area (TPSA) is 49.4 Å². The van der Waals surface area contributed by atoms with E-state index in [9.17, 15) is 9.59 Å². The molecule has 4 nitrogen and oxygen atoms in total. The first-order chi connectivity index (χ1) is 14.0. The van der Waals surface area contributed by atoms with Gasteiger partial charge in [-0.1, -0.05) is 55.8 Å². The summed E-state index contributed by atoms with van der Waals surface area (Å²) < 4.78 is 0. The Labute approximate surface area is 183 Å². The van der Waals surface area contributed by atoms with Crippen LogP contribution in [0.4, 0.5) is 0 Å². The third-order valence-corrected chi connectivity index (χ3v) is 5.84. The van der Waals surface area contributed by atoms with Crippen LogP contribution in [0.25, 0.3) is 0 Å². The first kappa shape index (κ1) is 23.3. The van der Waals surface area contributed by atoms with Gasteiger partial charge in [-0.05, 0) is 49.1 Å². The lowest BCUT2D eigenvalue weighted by molar-refractivity contribution is -0.138. The molecule has 1 N–H and O–H groups in total. The molecule has 0 aromatic heterocycles. The normalized spacial score (nSPS) is 11.7. The first-order valence-corrected chi connectivity index (χ1v) is 11.4. The lowest BCUT2D eigenvalue weighted by Crippen LogP contribution is -2.50. The second-order valence-electron chi connectivity index (χ2n) is 6.78. The molecule has 0 bridgehead atoms. The number of nitrogens with zero attached hydrogens (tertiary/aromatic N) is 1. The van der Waals surface area contributed by atoms with Crippen molar-refractivity contribution in [1.82, 2.24) is 10.2 Å². The van der Waals surface area contributed by atoms with Gasteiger partial charge in [-0.2, -0.15) is 0 Å². The second kappa shape index (κ2) is 12.6. The van der Waals surface area contributed by atoms with E-state index in [1.54, 1.807) is 4.90 Å². The average molecular weight is 433 g/mol. The van der Waals surface area contributed by atoms with Crippen molar-refractivity contribution in [3.63, 3.8) is 0 Å². The van der Waals surface area contributed by atoms with Crippen molar-refractivity contribution in [1.29, 1.82) is 0 Å². The molecule has 0 fully saturated rings. The van der Waals surface area contributed by atoms with Crippen LogP contribution >= 0.6 is 23.4 Å². The molecule has 0 aliphatic rings. The van der Waals surface area contributed by atoms with Crippen LogP contribution in [0.2, 0.25) is 5.02 Å². The monoisotopic (exact) mass is 432 g/mol. The van der Waals surface area contributed by atoms with Crippen molar-refractivity contribution < 1.29 is 9.59 Å². The molecule has 2 rings (SSSR count). The summed E-state index contributed by atoms with van der Waals surface area (Å²) in [4.78, 5) is 28.5. The highest BCUT2D eigenvalue weighted by Gasteiger charge is 2.27. The van der Waals surface area contributed by atoms with Crippen molar-refractivity contribution in [3.8, 4) is 0 Å². The SMILES string of the molecule is CCCNC(=O)C(CC)N(CCc1ccccc1)C(=O)CSc1ccc(Cl)cc1. The molecule has 0 aliphatic carbocycles. The molecule has 0 heterocycles. The molecule has 2 aromatic rings. The summed E-state index contributed by atoms with van der Waals surface area (Å²) in [6.07, 6.45) is 2.17. The van der Waals surface area contributed by atoms with Crippen LogP contribution in [0.5, 0.6) is 0 Å². The fourth-order valence-electron chi connectivity index (χ4n) is 3.02. The second-order valence-corrected chi connectivity index (χ2v) is 8.27. The van der Waals surface area contributed by atoms with Crippen LogP contribution in [0.15, 0.2) is 59.5 Å². The zero-order valence-corrected chi connectivity index (χ0v) is 18.6. The zero-order valence-electron chi connectivity index (χ0n) is 17.1. The van der Waals surface area contributed by atoms with E-state index in [-0.39, 0.29) is 17.6 Å². The predicted molar refractivity (Wildman–Crippen MR) is 121 cm³/mol. The fourth-order valence-corrected chi connectivity index (χ4v) is 3.93. The number of carbonyl (C=O) groups excluding carboxylic acids is 2. The van der Waals surface area contributed by atoms with Crippen molar-refractivity contribution in [2.45, 2.75) is 44.0 Å². The Morgan fingerprint density at radius 1 is 1.07 bits per heavy atom. The van der Waals surface area contributed by atoms with Crippen LogP contribution < -0.4 is 5.32 Å². The smallest absolute Gasteiger partial charge is 0.242 e. The number of thioether (sulfide) groups is 1. The van der Waals surface area contributed by atoms with E-state index in [0.717, 1.165) is 23.3 Å². The molecule has 29 heavy (non-hydrogen) atoms. The molecule has 1 unspecified atom stereocenters. The molecule has 156 valence electrons. The largest absolute Gasteiger partial charge is 0.354 e. The van der Waals surface area contributed by atoms with E-state index in [1.807, 2.05) is 68.4 Å². The van der Waals surface area contributed by atoms with Gasteiger partial charge >= 0.3 is 0 Å². The number of amides is 2. The Balaban J connectivity index is 2.09. The van der Waals surface area contributed by atoms with Gasteiger partial charge in [-0.15, -0.1) is 11.8 Å². The quantitative estimate of drug-likeness (QED) is 0.518. The van der Waals surface area contributed by atoms with Gasteiger partial charge in [0.25, 0.3) is 0 Å². The number of benzene rings is 2. The molecule has 0 spiro atoms. The number of hydrogen-bond acceptors (Lipinski definition) is 3. The molecule has 6 heteroatoms. The molecule has 2 aromatic carbocycles. The first-order valence-electron chi connectivity index (χ1n) is 10.0. The highest BCUT2D eigenvalue weighted by atomic mass is 35.5. The minimum Gasteiger partial charge on any atom is -0.354 e. The van der Waals surface area contributed by atoms with E-state index in [2.05, 4.69) is 5.32 Å². The molecular formula is C23H29ClN2O2S. The number of carbonyl (C=O) groups is 2. The van der Waals surface area contributed by atoms with Crippen molar-refractivity contribution in [3.05, 3.63) is 65.2 Å². The lowest BCUT2D eigenvalue weighted by atomic mass is 10.1. The van der Waals surface area contributed by atoms with Crippen LogP contribution in [-0.4, -0.2) is 41.6 Å². The number of rotatable bonds is 11. The summed E-state index contributed by atoms with van der Waals surface area (Å²) in [5, 5.41) is 3.61. The Kier molecular flexibility index (Phi) is 10.1. The molecule has 0 radical (unpaired) electrons. The van der Waals surface area contributed by atoms with Gasteiger partial charge in [0.2, 0.25) is 11.8 Å². The minimum absolute atomic E-state index is 0.0284. The van der Waals surface area contributed by atoms with Gasteiger partial charge in [-0.25, -0.2) is 0 Å². The van der Waals surface area contributed by atoms with Crippen LogP contribution in [0.1, 0.15) is 32.3 Å². The highest BCUT2D eigenvalue weighted by molar-refractivity contribution is 8.00. The molecule has 1 atom stereocenters. The lowest BCUT2D eigenvalue weighted by Gasteiger charge is -2.30. The highest BCUT2D eigenvalue weighted by Crippen LogP contribution is 2.21. The fraction of sp³-hybridized carbons (Fsp3) is 0.391. The van der Waals surface area contributed by atoms with Gasteiger partial charge in [0, 0.05) is 23.0 Å². The van der Waals surface area contributed by atoms with Crippen LogP contribution in [0, 0.1) is 0 Å². The summed E-state index contributed by atoms with van der Waals surface area (Å²) >= 11 is 7.40. The summed E-state index contributed by atoms with van der Waals surface area (Å²) in [5.41, 5.74) is 1.15. The number of nitrogens with one attached hydrogen (secondary N) is 1. The van der Waals surface area contributed by atoms with Crippen LogP contribution in [-0.2, 0) is 16.0 Å². The van der Waals surface area contributed by atoms with Gasteiger partial charge in [-0.3, -0.25) is 9.59 Å². The maximum atomic E-state index is 13.1. The van der Waals surface area contributed by atoms with Gasteiger partial charge < -0.3 is 10.2 Å². The van der Waals surface area contributed by atoms with E-state index >= 15 is 0 Å².